The van der Waals surface area contributed by atoms with Crippen molar-refractivity contribution in [3.8, 4) is 16.9 Å². The number of nitrogens with zero attached hydrogens (tertiary/aromatic N) is 1. The van der Waals surface area contributed by atoms with Gasteiger partial charge in [0.15, 0.2) is 0 Å². The van der Waals surface area contributed by atoms with Gasteiger partial charge in [-0.15, -0.1) is 0 Å². The molecule has 0 radical (unpaired) electrons. The maximum atomic E-state index is 13.7. The zero-order chi connectivity index (χ0) is 21.5. The lowest BCUT2D eigenvalue weighted by Crippen LogP contribution is -2.06. The Labute approximate surface area is 176 Å². The smallest absolute Gasteiger partial charge is 0.208 e. The lowest BCUT2D eigenvalue weighted by Gasteiger charge is -2.14. The molecule has 30 heavy (non-hydrogen) atoms. The van der Waals surface area contributed by atoms with Crippen LogP contribution in [0.25, 0.3) is 22.0 Å². The number of aromatic nitrogens is 1. The van der Waals surface area contributed by atoms with Crippen molar-refractivity contribution in [1.82, 2.24) is 4.98 Å². The van der Waals surface area contributed by atoms with Crippen molar-refractivity contribution in [2.24, 2.45) is 0 Å². The van der Waals surface area contributed by atoms with E-state index in [1.54, 1.807) is 24.3 Å². The van der Waals surface area contributed by atoms with Crippen LogP contribution in [0.3, 0.4) is 0 Å². The summed E-state index contributed by atoms with van der Waals surface area (Å²) in [6, 6.07) is 13.9. The summed E-state index contributed by atoms with van der Waals surface area (Å²) in [7, 11) is -2.59. The fourth-order valence-electron chi connectivity index (χ4n) is 3.18. The third-order valence-corrected chi connectivity index (χ3v) is 6.72. The molecule has 1 aromatic heterocycles. The molecule has 3 aromatic carbocycles. The summed E-state index contributed by atoms with van der Waals surface area (Å²) >= 11 is 5.80. The van der Waals surface area contributed by atoms with Crippen LogP contribution in [0.5, 0.6) is 5.75 Å². The van der Waals surface area contributed by atoms with Crippen molar-refractivity contribution in [3.63, 3.8) is 0 Å². The normalized spacial score (nSPS) is 11.6. The topological polar surface area (TPSA) is 56.3 Å². The second kappa shape index (κ2) is 7.66. The molecule has 152 valence electrons. The van der Waals surface area contributed by atoms with Crippen LogP contribution in [0.15, 0.2) is 76.7 Å². The number of fused-ring (bicyclic) bond motifs is 1. The van der Waals surface area contributed by atoms with Crippen molar-refractivity contribution >= 4 is 32.3 Å². The molecule has 4 aromatic rings. The highest BCUT2D eigenvalue weighted by Gasteiger charge is 2.25. The molecule has 0 fully saturated rings. The molecule has 0 aliphatic rings. The number of ether oxygens (including phenoxy) is 1. The molecule has 8 heteroatoms. The van der Waals surface area contributed by atoms with Gasteiger partial charge >= 0.3 is 0 Å². The number of methoxy groups -OCH3 is 1. The van der Waals surface area contributed by atoms with Crippen LogP contribution in [0.4, 0.5) is 8.78 Å². The van der Waals surface area contributed by atoms with Gasteiger partial charge in [0.05, 0.1) is 27.4 Å². The first-order valence-corrected chi connectivity index (χ1v) is 10.6. The van der Waals surface area contributed by atoms with Crippen LogP contribution in [-0.2, 0) is 9.84 Å². The fourth-order valence-corrected chi connectivity index (χ4v) is 4.89. The van der Waals surface area contributed by atoms with Crippen molar-refractivity contribution in [2.45, 2.75) is 9.79 Å². The Balaban J connectivity index is 2.03. The number of hydrogen-bond acceptors (Lipinski definition) is 4. The van der Waals surface area contributed by atoms with E-state index in [1.165, 1.54) is 31.5 Å². The number of rotatable bonds is 4. The average Bonchev–Trinajstić information content (AvgIpc) is 2.74. The third kappa shape index (κ3) is 3.51. The molecule has 0 saturated heterocycles. The molecule has 4 rings (SSSR count). The molecule has 0 unspecified atom stereocenters. The maximum absolute atomic E-state index is 13.7. The van der Waals surface area contributed by atoms with E-state index in [9.17, 15) is 17.2 Å². The third-order valence-electron chi connectivity index (χ3n) is 4.67. The van der Waals surface area contributed by atoms with Crippen LogP contribution < -0.4 is 4.74 Å². The Morgan fingerprint density at radius 3 is 2.37 bits per heavy atom. The quantitative estimate of drug-likeness (QED) is 0.379. The van der Waals surface area contributed by atoms with E-state index in [-0.39, 0.29) is 14.8 Å². The van der Waals surface area contributed by atoms with Gasteiger partial charge < -0.3 is 4.74 Å². The highest BCUT2D eigenvalue weighted by molar-refractivity contribution is 7.91. The minimum atomic E-state index is -4.11. The molecule has 0 aliphatic carbocycles. The molecule has 0 spiro atoms. The minimum Gasteiger partial charge on any atom is -0.497 e. The second-order valence-electron chi connectivity index (χ2n) is 6.47. The zero-order valence-electron chi connectivity index (χ0n) is 15.6. The Morgan fingerprint density at radius 1 is 0.967 bits per heavy atom. The Kier molecular flexibility index (Phi) is 5.17. The second-order valence-corrected chi connectivity index (χ2v) is 8.79. The number of pyridine rings is 1. The average molecular weight is 446 g/mol. The van der Waals surface area contributed by atoms with Gasteiger partial charge in [0.2, 0.25) is 9.84 Å². The fraction of sp³-hybridized carbons (Fsp3) is 0.0455. The van der Waals surface area contributed by atoms with E-state index in [0.717, 1.165) is 18.2 Å². The van der Waals surface area contributed by atoms with Gasteiger partial charge in [-0.05, 0) is 48.0 Å². The van der Waals surface area contributed by atoms with Crippen molar-refractivity contribution in [2.75, 3.05) is 7.11 Å². The van der Waals surface area contributed by atoms with E-state index in [0.29, 0.717) is 27.8 Å². The van der Waals surface area contributed by atoms with Crippen molar-refractivity contribution in [3.05, 3.63) is 83.5 Å². The number of benzene rings is 3. The molecular formula is C22H14ClF2NO3S. The highest BCUT2D eigenvalue weighted by atomic mass is 35.5. The highest BCUT2D eigenvalue weighted by Crippen LogP contribution is 2.37. The van der Waals surface area contributed by atoms with Gasteiger partial charge in [-0.3, -0.25) is 4.98 Å². The van der Waals surface area contributed by atoms with Gasteiger partial charge in [0.25, 0.3) is 0 Å². The molecular weight excluding hydrogens is 432 g/mol. The van der Waals surface area contributed by atoms with E-state index >= 15 is 0 Å². The van der Waals surface area contributed by atoms with Gasteiger partial charge in [-0.2, -0.15) is 0 Å². The molecule has 0 bridgehead atoms. The zero-order valence-corrected chi connectivity index (χ0v) is 17.1. The minimum absolute atomic E-state index is 0.102. The Morgan fingerprint density at radius 2 is 1.70 bits per heavy atom. The van der Waals surface area contributed by atoms with E-state index in [4.69, 9.17) is 16.3 Å². The van der Waals surface area contributed by atoms with Gasteiger partial charge in [0, 0.05) is 23.2 Å². The first-order valence-electron chi connectivity index (χ1n) is 8.74. The summed E-state index contributed by atoms with van der Waals surface area (Å²) in [6.07, 6.45) is 1.17. The predicted octanol–water partition coefficient (Wildman–Crippen LogP) is 5.67. The summed E-state index contributed by atoms with van der Waals surface area (Å²) in [6.45, 7) is 0. The van der Waals surface area contributed by atoms with Crippen LogP contribution in [-0.4, -0.2) is 20.5 Å². The predicted molar refractivity (Wildman–Crippen MR) is 111 cm³/mol. The number of halogens is 3. The van der Waals surface area contributed by atoms with Crippen LogP contribution in [0.2, 0.25) is 5.02 Å². The molecule has 1 heterocycles. The molecule has 0 saturated carbocycles. The van der Waals surface area contributed by atoms with Crippen LogP contribution in [0, 0.1) is 11.6 Å². The first kappa shape index (κ1) is 20.3. The maximum Gasteiger partial charge on any atom is 0.208 e. The summed E-state index contributed by atoms with van der Waals surface area (Å²) in [5, 5.41) is 0.147. The van der Waals surface area contributed by atoms with Gasteiger partial charge in [-0.1, -0.05) is 23.7 Å². The molecule has 0 N–H and O–H groups in total. The van der Waals surface area contributed by atoms with E-state index in [2.05, 4.69) is 4.98 Å². The standard InChI is InChI=1S/C22H14ClF2NO3S/c1-29-15-5-2-13(3-6-15)22-17-8-4-14(24)10-20(17)26-12-21(22)30(27,28)16-7-9-19(25)18(23)11-16/h2-12H,1H3. The largest absolute Gasteiger partial charge is 0.497 e. The van der Waals surface area contributed by atoms with Gasteiger partial charge in [0.1, 0.15) is 17.4 Å². The van der Waals surface area contributed by atoms with Gasteiger partial charge in [-0.25, -0.2) is 17.2 Å². The first-order chi connectivity index (χ1) is 14.3. The summed E-state index contributed by atoms with van der Waals surface area (Å²) in [5.74, 6) is -0.618. The monoisotopic (exact) mass is 445 g/mol. The molecule has 0 aliphatic heterocycles. The Hall–Kier alpha value is -3.03. The number of hydrogen-bond donors (Lipinski definition) is 0. The molecule has 0 amide bonds. The number of sulfone groups is 1. The Bertz CT molecular complexity index is 1370. The molecule has 4 nitrogen and oxygen atoms in total. The van der Waals surface area contributed by atoms with Crippen LogP contribution >= 0.6 is 11.6 Å². The summed E-state index contributed by atoms with van der Waals surface area (Å²) < 4.78 is 59.3. The van der Waals surface area contributed by atoms with E-state index in [1.807, 2.05) is 0 Å². The SMILES string of the molecule is COc1ccc(-c2c(S(=O)(=O)c3ccc(F)c(Cl)c3)cnc3cc(F)ccc23)cc1. The van der Waals surface area contributed by atoms with Crippen molar-refractivity contribution in [1.29, 1.82) is 0 Å². The summed E-state index contributed by atoms with van der Waals surface area (Å²) in [5.41, 5.74) is 1.22. The van der Waals surface area contributed by atoms with Crippen molar-refractivity contribution < 1.29 is 21.9 Å². The lowest BCUT2D eigenvalue weighted by molar-refractivity contribution is 0.415. The lowest BCUT2D eigenvalue weighted by atomic mass is 10.0. The molecule has 0 atom stereocenters. The van der Waals surface area contributed by atoms with E-state index < -0.39 is 21.5 Å². The van der Waals surface area contributed by atoms with Crippen LogP contribution in [0.1, 0.15) is 0 Å². The summed E-state index contributed by atoms with van der Waals surface area (Å²) in [4.78, 5) is 3.87.